The molecule has 1 aliphatic heterocycles. The molecule has 2 aliphatic rings. The van der Waals surface area contributed by atoms with Crippen molar-refractivity contribution in [1.82, 2.24) is 4.90 Å². The topological polar surface area (TPSA) is 49.5 Å². The van der Waals surface area contributed by atoms with E-state index in [-0.39, 0.29) is 25.5 Å². The summed E-state index contributed by atoms with van der Waals surface area (Å²) in [5, 5.41) is 9.31. The van der Waals surface area contributed by atoms with Gasteiger partial charge in [-0.1, -0.05) is 0 Å². The van der Waals surface area contributed by atoms with E-state index in [1.165, 1.54) is 0 Å². The second-order valence-electron chi connectivity index (χ2n) is 5.43. The number of alkyl halides is 3. The Kier molecular flexibility index (Phi) is 3.40. The maximum absolute atomic E-state index is 12.5. The third-order valence-electron chi connectivity index (χ3n) is 3.94. The second kappa shape index (κ2) is 4.40. The maximum atomic E-state index is 12.5. The molecule has 3 N–H and O–H groups in total. The molecule has 2 atom stereocenters. The molecule has 0 spiro atoms. The third kappa shape index (κ3) is 2.92. The lowest BCUT2D eigenvalue weighted by atomic mass is 9.95. The smallest absolute Gasteiger partial charge is 0.393 e. The Bertz CT molecular complexity index is 280. The monoisotopic (exact) mass is 252 g/mol. The lowest BCUT2D eigenvalue weighted by Gasteiger charge is -2.32. The number of hydrogen-bond acceptors (Lipinski definition) is 3. The van der Waals surface area contributed by atoms with Gasteiger partial charge in [-0.25, -0.2) is 0 Å². The van der Waals surface area contributed by atoms with Crippen molar-refractivity contribution in [2.45, 2.75) is 31.0 Å². The summed E-state index contributed by atoms with van der Waals surface area (Å²) >= 11 is 0. The van der Waals surface area contributed by atoms with Crippen molar-refractivity contribution in [3.05, 3.63) is 0 Å². The third-order valence-corrected chi connectivity index (χ3v) is 3.94. The molecule has 0 amide bonds. The first-order valence-electron chi connectivity index (χ1n) is 6.04. The van der Waals surface area contributed by atoms with E-state index in [1.54, 1.807) is 4.90 Å². The summed E-state index contributed by atoms with van der Waals surface area (Å²) in [4.78, 5) is 1.74. The van der Waals surface area contributed by atoms with Gasteiger partial charge >= 0.3 is 6.18 Å². The predicted octanol–water partition coefficient (Wildman–Crippen LogP) is 0.970. The van der Waals surface area contributed by atoms with Crippen LogP contribution in [0.5, 0.6) is 0 Å². The number of nitrogens with two attached hydrogens (primary N) is 1. The van der Waals surface area contributed by atoms with Gasteiger partial charge in [0.1, 0.15) is 0 Å². The minimum atomic E-state index is -4.11. The lowest BCUT2D eigenvalue weighted by molar-refractivity contribution is -0.170. The van der Waals surface area contributed by atoms with Crippen LogP contribution in [0, 0.1) is 11.8 Å². The molecule has 0 aromatic rings. The van der Waals surface area contributed by atoms with Crippen molar-refractivity contribution in [3.63, 3.8) is 0 Å². The zero-order valence-corrected chi connectivity index (χ0v) is 9.71. The molecule has 1 heterocycles. The quantitative estimate of drug-likeness (QED) is 0.784. The minimum absolute atomic E-state index is 0.0230. The van der Waals surface area contributed by atoms with Crippen molar-refractivity contribution >= 4 is 0 Å². The van der Waals surface area contributed by atoms with E-state index >= 15 is 0 Å². The van der Waals surface area contributed by atoms with Crippen molar-refractivity contribution < 1.29 is 18.3 Å². The Labute approximate surface area is 98.8 Å². The molecule has 1 aliphatic carbocycles. The highest BCUT2D eigenvalue weighted by atomic mass is 19.4. The summed E-state index contributed by atoms with van der Waals surface area (Å²) in [6.45, 7) is 0.677. The molecule has 0 radical (unpaired) electrons. The molecule has 0 bridgehead atoms. The molecule has 3 nitrogen and oxygen atoms in total. The van der Waals surface area contributed by atoms with Crippen LogP contribution in [-0.2, 0) is 0 Å². The van der Waals surface area contributed by atoms with Gasteiger partial charge < -0.3 is 15.7 Å². The number of nitrogens with zero attached hydrogens (tertiary/aromatic N) is 1. The zero-order chi connectivity index (χ0) is 12.7. The van der Waals surface area contributed by atoms with Crippen LogP contribution in [0.15, 0.2) is 0 Å². The Morgan fingerprint density at radius 3 is 2.24 bits per heavy atom. The normalized spacial score (nSPS) is 30.5. The highest BCUT2D eigenvalue weighted by Gasteiger charge is 2.47. The van der Waals surface area contributed by atoms with Gasteiger partial charge in [-0.3, -0.25) is 0 Å². The van der Waals surface area contributed by atoms with E-state index < -0.39 is 17.6 Å². The van der Waals surface area contributed by atoms with Crippen LogP contribution in [0.2, 0.25) is 0 Å². The van der Waals surface area contributed by atoms with Crippen molar-refractivity contribution in [1.29, 1.82) is 0 Å². The molecule has 100 valence electrons. The Morgan fingerprint density at radius 2 is 1.82 bits per heavy atom. The van der Waals surface area contributed by atoms with Gasteiger partial charge in [0.2, 0.25) is 0 Å². The molecular formula is C11H19F3N2O. The molecule has 17 heavy (non-hydrogen) atoms. The fraction of sp³-hybridized carbons (Fsp3) is 1.00. The van der Waals surface area contributed by atoms with Crippen LogP contribution in [0.1, 0.15) is 19.3 Å². The van der Waals surface area contributed by atoms with E-state index in [0.29, 0.717) is 13.1 Å². The van der Waals surface area contributed by atoms with E-state index in [2.05, 4.69) is 0 Å². The first kappa shape index (κ1) is 13.1. The van der Waals surface area contributed by atoms with Gasteiger partial charge in [-0.05, 0) is 31.7 Å². The summed E-state index contributed by atoms with van der Waals surface area (Å²) in [7, 11) is 0. The van der Waals surface area contributed by atoms with Gasteiger partial charge in [0, 0.05) is 13.1 Å². The summed E-state index contributed by atoms with van der Waals surface area (Å²) in [5.41, 5.74) is 5.36. The van der Waals surface area contributed by atoms with E-state index in [0.717, 1.165) is 12.8 Å². The van der Waals surface area contributed by atoms with Crippen LogP contribution in [0.3, 0.4) is 0 Å². The van der Waals surface area contributed by atoms with Crippen LogP contribution in [0.4, 0.5) is 13.2 Å². The van der Waals surface area contributed by atoms with Gasteiger partial charge in [-0.2, -0.15) is 13.2 Å². The number of halogens is 3. The van der Waals surface area contributed by atoms with Gasteiger partial charge in [0.05, 0.1) is 18.1 Å². The van der Waals surface area contributed by atoms with E-state index in [4.69, 9.17) is 5.73 Å². The number of hydrogen-bond donors (Lipinski definition) is 2. The molecule has 6 heteroatoms. The summed E-state index contributed by atoms with van der Waals surface area (Å²) in [5.74, 6) is -0.956. The van der Waals surface area contributed by atoms with Crippen LogP contribution in [0.25, 0.3) is 0 Å². The average molecular weight is 252 g/mol. The Balaban J connectivity index is 1.88. The molecular weight excluding hydrogens is 233 g/mol. The lowest BCUT2D eigenvalue weighted by Crippen LogP contribution is -2.54. The summed E-state index contributed by atoms with van der Waals surface area (Å²) < 4.78 is 37.5. The largest absolute Gasteiger partial charge is 0.394 e. The highest BCUT2D eigenvalue weighted by molar-refractivity contribution is 5.01. The van der Waals surface area contributed by atoms with Crippen LogP contribution < -0.4 is 5.73 Å². The summed E-state index contributed by atoms with van der Waals surface area (Å²) in [6.07, 6.45) is -2.00. The van der Waals surface area contributed by atoms with E-state index in [1.807, 2.05) is 0 Å². The number of aliphatic hydroxyl groups is 1. The molecule has 1 saturated carbocycles. The number of likely N-dealkylation sites (tertiary alicyclic amines) is 1. The Morgan fingerprint density at radius 1 is 1.18 bits per heavy atom. The molecule has 1 saturated heterocycles. The van der Waals surface area contributed by atoms with Crippen LogP contribution >= 0.6 is 0 Å². The number of rotatable bonds is 4. The molecule has 2 fully saturated rings. The number of aliphatic hydroxyl groups excluding tert-OH is 1. The fourth-order valence-electron chi connectivity index (χ4n) is 2.63. The zero-order valence-electron chi connectivity index (χ0n) is 9.71. The van der Waals surface area contributed by atoms with Gasteiger partial charge in [0.25, 0.3) is 0 Å². The first-order chi connectivity index (χ1) is 7.85. The average Bonchev–Trinajstić information content (AvgIpc) is 2.99. The predicted molar refractivity (Wildman–Crippen MR) is 57.3 cm³/mol. The van der Waals surface area contributed by atoms with Crippen molar-refractivity contribution in [2.24, 2.45) is 17.6 Å². The SMILES string of the molecule is NC(CO)(CN1CCC(C(F)(F)F)C1)C1CC1. The molecule has 0 aromatic carbocycles. The van der Waals surface area contributed by atoms with E-state index in [9.17, 15) is 18.3 Å². The van der Waals surface area contributed by atoms with Gasteiger partial charge in [-0.15, -0.1) is 0 Å². The maximum Gasteiger partial charge on any atom is 0.393 e. The van der Waals surface area contributed by atoms with Crippen molar-refractivity contribution in [3.8, 4) is 0 Å². The van der Waals surface area contributed by atoms with Gasteiger partial charge in [0.15, 0.2) is 0 Å². The molecule has 0 aromatic heterocycles. The highest BCUT2D eigenvalue weighted by Crippen LogP contribution is 2.40. The van der Waals surface area contributed by atoms with Crippen LogP contribution in [-0.4, -0.2) is 48.0 Å². The Hall–Kier alpha value is -0.330. The molecule has 2 rings (SSSR count). The molecule has 2 unspecified atom stereocenters. The minimum Gasteiger partial charge on any atom is -0.394 e. The standard InChI is InChI=1S/C11H19F3N2O/c12-11(13,14)9-3-4-16(5-9)6-10(15,7-17)8-1-2-8/h8-9,17H,1-7,15H2. The second-order valence-corrected chi connectivity index (χ2v) is 5.43. The summed E-state index contributed by atoms with van der Waals surface area (Å²) in [6, 6.07) is 0. The fourth-order valence-corrected chi connectivity index (χ4v) is 2.63. The van der Waals surface area contributed by atoms with Crippen molar-refractivity contribution in [2.75, 3.05) is 26.2 Å². The first-order valence-corrected chi connectivity index (χ1v) is 6.04.